The van der Waals surface area contributed by atoms with Crippen LogP contribution in [0.1, 0.15) is 46.2 Å². The average Bonchev–Trinajstić information content (AvgIpc) is 2.25. The first-order chi connectivity index (χ1) is 7.82. The Balaban J connectivity index is 2.86. The number of hydrogen-bond donors (Lipinski definition) is 1. The first kappa shape index (κ1) is 13.8. The first-order valence-electron chi connectivity index (χ1n) is 6.18. The molecule has 1 aromatic heterocycles. The van der Waals surface area contributed by atoms with Crippen LogP contribution in [0.3, 0.4) is 0 Å². The van der Waals surface area contributed by atoms with E-state index in [0.29, 0.717) is 5.92 Å². The SMILES string of the molecule is C=C(N[C@@H](c1cccnc1)C(C)C)C(C)(C)C. The Labute approximate surface area is 105 Å². The highest BCUT2D eigenvalue weighted by Crippen LogP contribution is 2.27. The van der Waals surface area contributed by atoms with E-state index < -0.39 is 0 Å². The van der Waals surface area contributed by atoms with Gasteiger partial charge in [-0.2, -0.15) is 0 Å². The quantitative estimate of drug-likeness (QED) is 0.851. The average molecular weight is 232 g/mol. The highest BCUT2D eigenvalue weighted by Gasteiger charge is 2.21. The fraction of sp³-hybridized carbons (Fsp3) is 0.533. The zero-order valence-electron chi connectivity index (χ0n) is 11.6. The van der Waals surface area contributed by atoms with E-state index in [9.17, 15) is 0 Å². The monoisotopic (exact) mass is 232 g/mol. The van der Waals surface area contributed by atoms with Crippen molar-refractivity contribution in [3.8, 4) is 0 Å². The van der Waals surface area contributed by atoms with Crippen molar-refractivity contribution in [1.82, 2.24) is 10.3 Å². The molecule has 17 heavy (non-hydrogen) atoms. The molecule has 1 aromatic rings. The normalized spacial score (nSPS) is 13.5. The minimum atomic E-state index is 0.0787. The van der Waals surface area contributed by atoms with Gasteiger partial charge in [0.2, 0.25) is 0 Å². The van der Waals surface area contributed by atoms with Gasteiger partial charge in [0.25, 0.3) is 0 Å². The van der Waals surface area contributed by atoms with Crippen molar-refractivity contribution in [3.05, 3.63) is 42.4 Å². The van der Waals surface area contributed by atoms with E-state index in [1.165, 1.54) is 5.56 Å². The molecule has 94 valence electrons. The lowest BCUT2D eigenvalue weighted by Gasteiger charge is -2.31. The van der Waals surface area contributed by atoms with Crippen molar-refractivity contribution in [2.24, 2.45) is 11.3 Å². The molecule has 0 fully saturated rings. The van der Waals surface area contributed by atoms with Crippen molar-refractivity contribution in [2.75, 3.05) is 0 Å². The summed E-state index contributed by atoms with van der Waals surface area (Å²) < 4.78 is 0. The Bertz CT molecular complexity index is 360. The van der Waals surface area contributed by atoms with Crippen LogP contribution in [0.5, 0.6) is 0 Å². The lowest BCUT2D eigenvalue weighted by molar-refractivity contribution is 0.381. The summed E-state index contributed by atoms with van der Waals surface area (Å²) in [6.07, 6.45) is 3.73. The van der Waals surface area contributed by atoms with Crippen LogP contribution in [-0.4, -0.2) is 4.98 Å². The third-order valence-corrected chi connectivity index (χ3v) is 2.95. The lowest BCUT2D eigenvalue weighted by atomic mass is 9.90. The van der Waals surface area contributed by atoms with Gasteiger partial charge in [-0.1, -0.05) is 47.3 Å². The summed E-state index contributed by atoms with van der Waals surface area (Å²) in [5.74, 6) is 0.498. The van der Waals surface area contributed by atoms with Gasteiger partial charge < -0.3 is 5.32 Å². The predicted octanol–water partition coefficient (Wildman–Crippen LogP) is 3.93. The number of pyridine rings is 1. The minimum Gasteiger partial charge on any atom is -0.381 e. The Kier molecular flexibility index (Phi) is 4.33. The van der Waals surface area contributed by atoms with Crippen LogP contribution in [0, 0.1) is 11.3 Å². The maximum Gasteiger partial charge on any atom is 0.0548 e. The molecule has 2 heteroatoms. The number of allylic oxidation sites excluding steroid dienone is 1. The predicted molar refractivity (Wildman–Crippen MR) is 73.5 cm³/mol. The number of nitrogens with one attached hydrogen (secondary N) is 1. The molecule has 0 amide bonds. The van der Waals surface area contributed by atoms with Gasteiger partial charge in [-0.25, -0.2) is 0 Å². The van der Waals surface area contributed by atoms with Crippen molar-refractivity contribution in [2.45, 2.75) is 40.7 Å². The molecular formula is C15H24N2. The first-order valence-corrected chi connectivity index (χ1v) is 6.18. The minimum absolute atomic E-state index is 0.0787. The molecule has 0 radical (unpaired) electrons. The van der Waals surface area contributed by atoms with Crippen LogP contribution < -0.4 is 5.32 Å². The molecule has 0 saturated heterocycles. The second kappa shape index (κ2) is 5.35. The molecule has 0 aliphatic carbocycles. The molecule has 0 aliphatic heterocycles. The molecule has 1 N–H and O–H groups in total. The van der Waals surface area contributed by atoms with E-state index in [-0.39, 0.29) is 11.5 Å². The summed E-state index contributed by atoms with van der Waals surface area (Å²) in [7, 11) is 0. The second-order valence-electron chi connectivity index (χ2n) is 5.88. The molecule has 0 aliphatic rings. The number of nitrogens with zero attached hydrogens (tertiary/aromatic N) is 1. The Morgan fingerprint density at radius 2 is 2.00 bits per heavy atom. The summed E-state index contributed by atoms with van der Waals surface area (Å²) in [5.41, 5.74) is 2.36. The number of hydrogen-bond acceptors (Lipinski definition) is 2. The number of rotatable bonds is 4. The summed E-state index contributed by atoms with van der Waals surface area (Å²) in [6, 6.07) is 4.36. The summed E-state index contributed by atoms with van der Waals surface area (Å²) in [4.78, 5) is 4.19. The van der Waals surface area contributed by atoms with Gasteiger partial charge in [-0.05, 0) is 17.5 Å². The Hall–Kier alpha value is -1.31. The van der Waals surface area contributed by atoms with E-state index in [1.54, 1.807) is 6.20 Å². The molecule has 1 rings (SSSR count). The van der Waals surface area contributed by atoms with Gasteiger partial charge in [-0.3, -0.25) is 4.98 Å². The smallest absolute Gasteiger partial charge is 0.0548 e. The van der Waals surface area contributed by atoms with E-state index >= 15 is 0 Å². The van der Waals surface area contributed by atoms with Gasteiger partial charge in [0.1, 0.15) is 0 Å². The maximum atomic E-state index is 4.19. The molecule has 2 nitrogen and oxygen atoms in total. The van der Waals surface area contributed by atoms with E-state index in [1.807, 2.05) is 12.3 Å². The molecular weight excluding hydrogens is 208 g/mol. The Morgan fingerprint density at radius 1 is 1.35 bits per heavy atom. The molecule has 1 heterocycles. The van der Waals surface area contributed by atoms with Crippen molar-refractivity contribution >= 4 is 0 Å². The topological polar surface area (TPSA) is 24.9 Å². The largest absolute Gasteiger partial charge is 0.381 e. The zero-order chi connectivity index (χ0) is 13.1. The number of aromatic nitrogens is 1. The highest BCUT2D eigenvalue weighted by atomic mass is 14.9. The fourth-order valence-corrected chi connectivity index (χ4v) is 1.60. The second-order valence-corrected chi connectivity index (χ2v) is 5.88. The maximum absolute atomic E-state index is 4.19. The van der Waals surface area contributed by atoms with E-state index in [2.05, 4.69) is 57.6 Å². The zero-order valence-corrected chi connectivity index (χ0v) is 11.6. The summed E-state index contributed by atoms with van der Waals surface area (Å²) >= 11 is 0. The Morgan fingerprint density at radius 3 is 2.41 bits per heavy atom. The highest BCUT2D eigenvalue weighted by molar-refractivity contribution is 5.18. The molecule has 1 atom stereocenters. The third kappa shape index (κ3) is 3.88. The summed E-state index contributed by atoms with van der Waals surface area (Å²) in [5, 5.41) is 3.54. The van der Waals surface area contributed by atoms with Crippen LogP contribution in [0.15, 0.2) is 36.8 Å². The standard InChI is InChI=1S/C15H24N2/c1-11(2)14(13-8-7-9-16-10-13)17-12(3)15(4,5)6/h7-11,14,17H,3H2,1-2,4-6H3/t14-/m1/s1. The van der Waals surface area contributed by atoms with Crippen LogP contribution in [0.2, 0.25) is 0 Å². The molecule has 0 aromatic carbocycles. The van der Waals surface area contributed by atoms with E-state index in [0.717, 1.165) is 5.70 Å². The fourth-order valence-electron chi connectivity index (χ4n) is 1.60. The van der Waals surface area contributed by atoms with E-state index in [4.69, 9.17) is 0 Å². The lowest BCUT2D eigenvalue weighted by Crippen LogP contribution is -2.30. The molecule has 0 bridgehead atoms. The third-order valence-electron chi connectivity index (χ3n) is 2.95. The van der Waals surface area contributed by atoms with Crippen molar-refractivity contribution in [3.63, 3.8) is 0 Å². The van der Waals surface area contributed by atoms with Gasteiger partial charge >= 0.3 is 0 Å². The van der Waals surface area contributed by atoms with Crippen LogP contribution in [-0.2, 0) is 0 Å². The van der Waals surface area contributed by atoms with Gasteiger partial charge in [0.15, 0.2) is 0 Å². The van der Waals surface area contributed by atoms with Crippen LogP contribution >= 0.6 is 0 Å². The molecule has 0 spiro atoms. The van der Waals surface area contributed by atoms with Gasteiger partial charge in [0.05, 0.1) is 6.04 Å². The van der Waals surface area contributed by atoms with Gasteiger partial charge in [0, 0.05) is 23.5 Å². The van der Waals surface area contributed by atoms with Crippen molar-refractivity contribution < 1.29 is 0 Å². The summed E-state index contributed by atoms with van der Waals surface area (Å²) in [6.45, 7) is 15.1. The van der Waals surface area contributed by atoms with Crippen molar-refractivity contribution in [1.29, 1.82) is 0 Å². The van der Waals surface area contributed by atoms with Gasteiger partial charge in [-0.15, -0.1) is 0 Å². The molecule has 0 unspecified atom stereocenters. The molecule has 0 saturated carbocycles. The van der Waals surface area contributed by atoms with Crippen LogP contribution in [0.25, 0.3) is 0 Å². The van der Waals surface area contributed by atoms with Crippen LogP contribution in [0.4, 0.5) is 0 Å².